The van der Waals surface area contributed by atoms with Gasteiger partial charge in [0.25, 0.3) is 0 Å². The van der Waals surface area contributed by atoms with Crippen molar-refractivity contribution in [2.75, 3.05) is 18.1 Å². The summed E-state index contributed by atoms with van der Waals surface area (Å²) in [5, 5.41) is 0. The van der Waals surface area contributed by atoms with Crippen molar-refractivity contribution in [2.24, 2.45) is 5.92 Å². The van der Waals surface area contributed by atoms with Crippen LogP contribution in [0.15, 0.2) is 4.42 Å². The fraction of sp³-hybridized carbons (Fsp3) is 0.571. The summed E-state index contributed by atoms with van der Waals surface area (Å²) in [6.07, 6.45) is 2.07. The molecule has 0 saturated carbocycles. The zero-order valence-corrected chi connectivity index (χ0v) is 11.7. The van der Waals surface area contributed by atoms with Crippen molar-refractivity contribution in [1.29, 1.82) is 0 Å². The Balaban J connectivity index is 1.76. The van der Waals surface area contributed by atoms with Crippen molar-refractivity contribution in [3.8, 4) is 0 Å². The van der Waals surface area contributed by atoms with Crippen LogP contribution in [0.2, 0.25) is 0 Å². The predicted octanol–water partition coefficient (Wildman–Crippen LogP) is 2.63. The lowest BCUT2D eigenvalue weighted by molar-refractivity contribution is 0.0419. The van der Waals surface area contributed by atoms with Gasteiger partial charge in [0.05, 0.1) is 12.2 Å². The summed E-state index contributed by atoms with van der Waals surface area (Å²) >= 11 is 1.86. The van der Waals surface area contributed by atoms with E-state index < -0.39 is 5.97 Å². The highest BCUT2D eigenvalue weighted by molar-refractivity contribution is 8.00. The largest absolute Gasteiger partial charge is 0.459 e. The summed E-state index contributed by atoms with van der Waals surface area (Å²) in [5.74, 6) is 3.10. The van der Waals surface area contributed by atoms with Crippen LogP contribution in [0, 0.1) is 12.8 Å². The molecule has 0 bridgehead atoms. The highest BCUT2D eigenvalue weighted by atomic mass is 32.2. The van der Waals surface area contributed by atoms with E-state index in [1.54, 1.807) is 6.92 Å². The van der Waals surface area contributed by atoms with Gasteiger partial charge in [-0.1, -0.05) is 0 Å². The second-order valence-electron chi connectivity index (χ2n) is 5.13. The van der Waals surface area contributed by atoms with E-state index in [0.717, 1.165) is 24.3 Å². The third-order valence-corrected chi connectivity index (χ3v) is 5.06. The first-order chi connectivity index (χ1) is 9.16. The standard InChI is InChI=1S/C14H16O4S/c1-8-12-10(15)3-2-4-11(12)18-13(8)14(16)17-5-9-6-19-7-9/h9H,2-7H2,1H3. The first-order valence-corrected chi connectivity index (χ1v) is 7.72. The zero-order chi connectivity index (χ0) is 13.4. The quantitative estimate of drug-likeness (QED) is 0.797. The number of hydrogen-bond acceptors (Lipinski definition) is 5. The second-order valence-corrected chi connectivity index (χ2v) is 6.21. The van der Waals surface area contributed by atoms with Crippen LogP contribution in [-0.2, 0) is 11.2 Å². The summed E-state index contributed by atoms with van der Waals surface area (Å²) in [4.78, 5) is 23.8. The van der Waals surface area contributed by atoms with Crippen LogP contribution in [0.1, 0.15) is 45.1 Å². The fourth-order valence-electron chi connectivity index (χ4n) is 2.48. The van der Waals surface area contributed by atoms with Gasteiger partial charge in [-0.15, -0.1) is 0 Å². The molecule has 2 aliphatic rings. The second kappa shape index (κ2) is 5.04. The van der Waals surface area contributed by atoms with Crippen LogP contribution >= 0.6 is 11.8 Å². The molecule has 0 amide bonds. The normalized spacial score (nSPS) is 18.9. The van der Waals surface area contributed by atoms with Crippen molar-refractivity contribution in [3.63, 3.8) is 0 Å². The molecule has 0 radical (unpaired) electrons. The molecule has 0 spiro atoms. The average molecular weight is 280 g/mol. The minimum Gasteiger partial charge on any atom is -0.459 e. The zero-order valence-electron chi connectivity index (χ0n) is 10.9. The van der Waals surface area contributed by atoms with Crippen LogP contribution in [0.5, 0.6) is 0 Å². The predicted molar refractivity (Wildman–Crippen MR) is 71.8 cm³/mol. The van der Waals surface area contributed by atoms with Crippen molar-refractivity contribution in [1.82, 2.24) is 0 Å². The number of thioether (sulfide) groups is 1. The summed E-state index contributed by atoms with van der Waals surface area (Å²) < 4.78 is 10.8. The summed E-state index contributed by atoms with van der Waals surface area (Å²) in [6, 6.07) is 0. The van der Waals surface area contributed by atoms with Gasteiger partial charge < -0.3 is 9.15 Å². The molecule has 1 saturated heterocycles. The van der Waals surface area contributed by atoms with Crippen LogP contribution in [0.3, 0.4) is 0 Å². The van der Waals surface area contributed by atoms with Gasteiger partial charge >= 0.3 is 5.97 Å². The molecule has 0 unspecified atom stereocenters. The minimum atomic E-state index is -0.434. The molecule has 0 N–H and O–H groups in total. The number of rotatable bonds is 3. The van der Waals surface area contributed by atoms with E-state index in [1.807, 2.05) is 11.8 Å². The van der Waals surface area contributed by atoms with Gasteiger partial charge in [0, 0.05) is 35.8 Å². The van der Waals surface area contributed by atoms with Gasteiger partial charge in [-0.25, -0.2) is 4.79 Å². The molecular formula is C14H16O4S. The minimum absolute atomic E-state index is 0.0805. The number of hydrogen-bond donors (Lipinski definition) is 0. The topological polar surface area (TPSA) is 56.5 Å². The lowest BCUT2D eigenvalue weighted by atomic mass is 9.94. The summed E-state index contributed by atoms with van der Waals surface area (Å²) in [5.41, 5.74) is 1.25. The third-order valence-electron chi connectivity index (χ3n) is 3.65. The number of carbonyl (C=O) groups excluding carboxylic acids is 2. The van der Waals surface area contributed by atoms with Gasteiger partial charge in [-0.2, -0.15) is 11.8 Å². The van der Waals surface area contributed by atoms with Crippen LogP contribution < -0.4 is 0 Å². The van der Waals surface area contributed by atoms with Gasteiger partial charge in [0.2, 0.25) is 5.76 Å². The molecule has 19 heavy (non-hydrogen) atoms. The van der Waals surface area contributed by atoms with Gasteiger partial charge in [-0.05, 0) is 13.3 Å². The van der Waals surface area contributed by atoms with Crippen LogP contribution in [0.4, 0.5) is 0 Å². The van der Waals surface area contributed by atoms with E-state index in [4.69, 9.17) is 9.15 Å². The number of ketones is 1. The van der Waals surface area contributed by atoms with Crippen molar-refractivity contribution >= 4 is 23.5 Å². The average Bonchev–Trinajstić information content (AvgIpc) is 2.66. The Kier molecular flexibility index (Phi) is 3.39. The molecule has 1 aliphatic heterocycles. The molecule has 1 aromatic rings. The smallest absolute Gasteiger partial charge is 0.374 e. The number of furan rings is 1. The molecule has 0 aromatic carbocycles. The molecule has 1 aromatic heterocycles. The van der Waals surface area contributed by atoms with Gasteiger partial charge in [0.15, 0.2) is 5.78 Å². The lowest BCUT2D eigenvalue weighted by Crippen LogP contribution is -2.25. The number of esters is 1. The Hall–Kier alpha value is -1.23. The number of ether oxygens (including phenoxy) is 1. The Morgan fingerprint density at radius 1 is 1.42 bits per heavy atom. The van der Waals surface area contributed by atoms with Crippen LogP contribution in [0.25, 0.3) is 0 Å². The number of fused-ring (bicyclic) bond motifs is 1. The van der Waals surface area contributed by atoms with E-state index in [1.165, 1.54) is 0 Å². The molecule has 102 valence electrons. The van der Waals surface area contributed by atoms with Crippen molar-refractivity contribution in [2.45, 2.75) is 26.2 Å². The summed E-state index contributed by atoms with van der Waals surface area (Å²) in [7, 11) is 0. The number of Topliss-reactive ketones (excluding diaryl/α,β-unsaturated/α-hetero) is 1. The highest BCUT2D eigenvalue weighted by Crippen LogP contribution is 2.30. The SMILES string of the molecule is Cc1c(C(=O)OCC2CSC2)oc2c1C(=O)CCC2. The van der Waals surface area contributed by atoms with E-state index in [2.05, 4.69) is 0 Å². The molecule has 0 atom stereocenters. The van der Waals surface area contributed by atoms with E-state index >= 15 is 0 Å². The number of aryl methyl sites for hydroxylation is 1. The Morgan fingerprint density at radius 3 is 2.84 bits per heavy atom. The summed E-state index contributed by atoms with van der Waals surface area (Å²) in [6.45, 7) is 2.21. The fourth-order valence-corrected chi connectivity index (χ4v) is 3.24. The molecule has 1 aliphatic carbocycles. The molecule has 5 heteroatoms. The Bertz CT molecular complexity index is 528. The van der Waals surface area contributed by atoms with E-state index in [9.17, 15) is 9.59 Å². The maximum Gasteiger partial charge on any atom is 0.374 e. The van der Waals surface area contributed by atoms with E-state index in [0.29, 0.717) is 35.8 Å². The maximum atomic E-state index is 12.0. The van der Waals surface area contributed by atoms with E-state index in [-0.39, 0.29) is 11.5 Å². The molecule has 4 nitrogen and oxygen atoms in total. The van der Waals surface area contributed by atoms with Crippen LogP contribution in [-0.4, -0.2) is 29.9 Å². The molecule has 2 heterocycles. The third kappa shape index (κ3) is 2.31. The monoisotopic (exact) mass is 280 g/mol. The Labute approximate surface area is 115 Å². The molecule has 3 rings (SSSR count). The maximum absolute atomic E-state index is 12.0. The van der Waals surface area contributed by atoms with Crippen molar-refractivity contribution in [3.05, 3.63) is 22.6 Å². The first kappa shape index (κ1) is 12.8. The molecular weight excluding hydrogens is 264 g/mol. The highest BCUT2D eigenvalue weighted by Gasteiger charge is 2.30. The lowest BCUT2D eigenvalue weighted by Gasteiger charge is -2.23. The van der Waals surface area contributed by atoms with Gasteiger partial charge in [0.1, 0.15) is 5.76 Å². The number of carbonyl (C=O) groups is 2. The van der Waals surface area contributed by atoms with Crippen molar-refractivity contribution < 1.29 is 18.7 Å². The van der Waals surface area contributed by atoms with Gasteiger partial charge in [-0.3, -0.25) is 4.79 Å². The first-order valence-electron chi connectivity index (χ1n) is 6.57. The Morgan fingerprint density at radius 2 is 2.21 bits per heavy atom. The molecule has 1 fully saturated rings.